The lowest BCUT2D eigenvalue weighted by atomic mass is 9.71. The van der Waals surface area contributed by atoms with Gasteiger partial charge in [-0.05, 0) is 44.3 Å². The highest BCUT2D eigenvalue weighted by Crippen LogP contribution is 2.41. The van der Waals surface area contributed by atoms with E-state index in [0.29, 0.717) is 5.41 Å². The van der Waals surface area contributed by atoms with Crippen molar-refractivity contribution in [2.45, 2.75) is 32.1 Å². The number of hydrogen-bond acceptors (Lipinski definition) is 2. The van der Waals surface area contributed by atoms with Gasteiger partial charge >= 0.3 is 0 Å². The predicted molar refractivity (Wildman–Crippen MR) is 55.6 cm³/mol. The van der Waals surface area contributed by atoms with Gasteiger partial charge in [0.25, 0.3) is 0 Å². The lowest BCUT2D eigenvalue weighted by molar-refractivity contribution is 0.170. The number of likely N-dealkylation sites (tertiary alicyclic amines) is 1. The Morgan fingerprint density at radius 2 is 2.23 bits per heavy atom. The molecule has 1 unspecified atom stereocenters. The molecule has 2 aliphatic rings. The number of nitrogens with zero attached hydrogens (tertiary/aromatic N) is 1. The highest BCUT2D eigenvalue weighted by atomic mass is 15.1. The molecule has 2 nitrogen and oxygen atoms in total. The van der Waals surface area contributed by atoms with Crippen molar-refractivity contribution in [3.05, 3.63) is 0 Å². The van der Waals surface area contributed by atoms with Gasteiger partial charge in [-0.15, -0.1) is 0 Å². The fraction of sp³-hybridized carbons (Fsp3) is 1.00. The van der Waals surface area contributed by atoms with Crippen LogP contribution in [0.15, 0.2) is 0 Å². The summed E-state index contributed by atoms with van der Waals surface area (Å²) in [5.74, 6) is 1.01. The minimum absolute atomic E-state index is 0.486. The Balaban J connectivity index is 1.90. The van der Waals surface area contributed by atoms with Crippen LogP contribution in [-0.2, 0) is 0 Å². The van der Waals surface area contributed by atoms with Crippen LogP contribution < -0.4 is 5.73 Å². The van der Waals surface area contributed by atoms with Crippen molar-refractivity contribution < 1.29 is 0 Å². The Morgan fingerprint density at radius 1 is 1.46 bits per heavy atom. The van der Waals surface area contributed by atoms with E-state index in [-0.39, 0.29) is 0 Å². The predicted octanol–water partition coefficient (Wildman–Crippen LogP) is 1.46. The molecule has 1 heterocycles. The van der Waals surface area contributed by atoms with Crippen LogP contribution in [0.2, 0.25) is 0 Å². The Bertz CT molecular complexity index is 177. The molecule has 0 spiro atoms. The molecule has 0 aromatic rings. The fourth-order valence-corrected chi connectivity index (χ4v) is 2.88. The van der Waals surface area contributed by atoms with E-state index in [1.165, 1.54) is 45.2 Å². The summed E-state index contributed by atoms with van der Waals surface area (Å²) in [5.41, 5.74) is 6.42. The molecule has 0 bridgehead atoms. The first-order valence-corrected chi connectivity index (χ1v) is 5.63. The Labute approximate surface area is 81.5 Å². The third kappa shape index (κ3) is 1.89. The normalized spacial score (nSPS) is 36.5. The third-order valence-electron chi connectivity index (χ3n) is 4.01. The van der Waals surface area contributed by atoms with Crippen molar-refractivity contribution in [2.24, 2.45) is 17.1 Å². The van der Waals surface area contributed by atoms with E-state index in [1.807, 2.05) is 0 Å². The van der Waals surface area contributed by atoms with Crippen LogP contribution >= 0.6 is 0 Å². The number of nitrogens with two attached hydrogens (primary N) is 1. The summed E-state index contributed by atoms with van der Waals surface area (Å²) in [5, 5.41) is 0. The summed E-state index contributed by atoms with van der Waals surface area (Å²) in [6.07, 6.45) is 7.11. The summed E-state index contributed by atoms with van der Waals surface area (Å²) in [6, 6.07) is 0. The summed E-state index contributed by atoms with van der Waals surface area (Å²) in [4.78, 5) is 2.44. The zero-order chi connectivity index (χ0) is 9.31. The highest BCUT2D eigenvalue weighted by molar-refractivity contribution is 4.92. The van der Waals surface area contributed by atoms with Gasteiger partial charge in [0, 0.05) is 6.54 Å². The van der Waals surface area contributed by atoms with Gasteiger partial charge in [0.05, 0.1) is 0 Å². The summed E-state index contributed by atoms with van der Waals surface area (Å²) in [7, 11) is 2.22. The van der Waals surface area contributed by atoms with E-state index in [2.05, 4.69) is 11.9 Å². The smallest absolute Gasteiger partial charge is 0.00476 e. The van der Waals surface area contributed by atoms with Crippen LogP contribution in [0.5, 0.6) is 0 Å². The number of hydrogen-bond donors (Lipinski definition) is 1. The van der Waals surface area contributed by atoms with Gasteiger partial charge in [0.1, 0.15) is 0 Å². The van der Waals surface area contributed by atoms with Gasteiger partial charge in [-0.25, -0.2) is 0 Å². The minimum Gasteiger partial charge on any atom is -0.330 e. The molecule has 0 radical (unpaired) electrons. The van der Waals surface area contributed by atoms with E-state index < -0.39 is 0 Å². The molecule has 1 aliphatic carbocycles. The van der Waals surface area contributed by atoms with Gasteiger partial charge in [0.2, 0.25) is 0 Å². The van der Waals surface area contributed by atoms with Gasteiger partial charge in [-0.2, -0.15) is 0 Å². The third-order valence-corrected chi connectivity index (χ3v) is 4.01. The molecule has 1 saturated heterocycles. The summed E-state index contributed by atoms with van der Waals surface area (Å²) < 4.78 is 0. The maximum atomic E-state index is 5.93. The molecule has 2 rings (SSSR count). The zero-order valence-corrected chi connectivity index (χ0v) is 8.76. The molecule has 1 atom stereocenters. The largest absolute Gasteiger partial charge is 0.330 e. The molecule has 0 aromatic carbocycles. The quantitative estimate of drug-likeness (QED) is 0.716. The van der Waals surface area contributed by atoms with Gasteiger partial charge < -0.3 is 10.6 Å². The van der Waals surface area contributed by atoms with Crippen molar-refractivity contribution in [3.63, 3.8) is 0 Å². The monoisotopic (exact) mass is 182 g/mol. The van der Waals surface area contributed by atoms with Crippen LogP contribution in [0, 0.1) is 11.3 Å². The minimum atomic E-state index is 0.486. The van der Waals surface area contributed by atoms with Crippen molar-refractivity contribution in [1.29, 1.82) is 0 Å². The standard InChI is InChI=1S/C11H22N2/c1-13-6-5-11(8-12,9-13)7-10-3-2-4-10/h10H,2-9,12H2,1H3. The molecule has 0 amide bonds. The molecule has 0 aromatic heterocycles. The summed E-state index contributed by atoms with van der Waals surface area (Å²) in [6.45, 7) is 3.39. The second kappa shape index (κ2) is 3.58. The van der Waals surface area contributed by atoms with Crippen molar-refractivity contribution >= 4 is 0 Å². The molecule has 13 heavy (non-hydrogen) atoms. The van der Waals surface area contributed by atoms with E-state index in [1.54, 1.807) is 0 Å². The SMILES string of the molecule is CN1CCC(CN)(CC2CCC2)C1. The average molecular weight is 182 g/mol. The summed E-state index contributed by atoms with van der Waals surface area (Å²) >= 11 is 0. The van der Waals surface area contributed by atoms with Crippen molar-refractivity contribution in [2.75, 3.05) is 26.7 Å². The van der Waals surface area contributed by atoms with E-state index in [4.69, 9.17) is 5.73 Å². The van der Waals surface area contributed by atoms with Gasteiger partial charge in [-0.1, -0.05) is 19.3 Å². The average Bonchev–Trinajstić information content (AvgIpc) is 2.42. The first kappa shape index (κ1) is 9.47. The first-order valence-electron chi connectivity index (χ1n) is 5.63. The molecule has 76 valence electrons. The van der Waals surface area contributed by atoms with Crippen LogP contribution in [0.25, 0.3) is 0 Å². The Morgan fingerprint density at radius 3 is 2.62 bits per heavy atom. The molecule has 1 saturated carbocycles. The van der Waals surface area contributed by atoms with E-state index >= 15 is 0 Å². The highest BCUT2D eigenvalue weighted by Gasteiger charge is 2.38. The molecule has 1 aliphatic heterocycles. The maximum absolute atomic E-state index is 5.93. The van der Waals surface area contributed by atoms with Crippen LogP contribution in [-0.4, -0.2) is 31.6 Å². The Kier molecular flexibility index (Phi) is 2.61. The lowest BCUT2D eigenvalue weighted by Gasteiger charge is -2.36. The topological polar surface area (TPSA) is 29.3 Å². The van der Waals surface area contributed by atoms with E-state index in [0.717, 1.165) is 12.5 Å². The van der Waals surface area contributed by atoms with Crippen LogP contribution in [0.1, 0.15) is 32.1 Å². The van der Waals surface area contributed by atoms with Crippen molar-refractivity contribution in [1.82, 2.24) is 4.90 Å². The number of rotatable bonds is 3. The molecule has 2 fully saturated rings. The Hall–Kier alpha value is -0.0800. The van der Waals surface area contributed by atoms with Gasteiger partial charge in [0.15, 0.2) is 0 Å². The van der Waals surface area contributed by atoms with Crippen LogP contribution in [0.3, 0.4) is 0 Å². The second-order valence-electron chi connectivity index (χ2n) is 5.19. The molecular weight excluding hydrogens is 160 g/mol. The molecule has 2 N–H and O–H groups in total. The van der Waals surface area contributed by atoms with Crippen LogP contribution in [0.4, 0.5) is 0 Å². The fourth-order valence-electron chi connectivity index (χ4n) is 2.88. The van der Waals surface area contributed by atoms with Crippen molar-refractivity contribution in [3.8, 4) is 0 Å². The zero-order valence-electron chi connectivity index (χ0n) is 8.76. The first-order chi connectivity index (χ1) is 6.24. The molecule has 2 heteroatoms. The van der Waals surface area contributed by atoms with Gasteiger partial charge in [-0.3, -0.25) is 0 Å². The van der Waals surface area contributed by atoms with E-state index in [9.17, 15) is 0 Å². The second-order valence-corrected chi connectivity index (χ2v) is 5.19. The maximum Gasteiger partial charge on any atom is 0.00476 e. The lowest BCUT2D eigenvalue weighted by Crippen LogP contribution is -2.36. The molecular formula is C11H22N2.